The Hall–Kier alpha value is -0.800. The van der Waals surface area contributed by atoms with Crippen LogP contribution in [0, 0.1) is 12.8 Å². The van der Waals surface area contributed by atoms with Gasteiger partial charge in [-0.25, -0.2) is 0 Å². The predicted molar refractivity (Wildman–Crippen MR) is 65.6 cm³/mol. The Bertz CT molecular complexity index is 315. The van der Waals surface area contributed by atoms with E-state index in [0.29, 0.717) is 0 Å². The molecule has 1 saturated heterocycles. The molecule has 0 amide bonds. The zero-order valence-electron chi connectivity index (χ0n) is 10.3. The van der Waals surface area contributed by atoms with Crippen molar-refractivity contribution in [2.24, 2.45) is 5.92 Å². The lowest BCUT2D eigenvalue weighted by Gasteiger charge is -2.19. The highest BCUT2D eigenvalue weighted by atomic mass is 16.3. The molecule has 1 aromatic rings. The molecule has 1 aliphatic heterocycles. The first-order chi connectivity index (χ1) is 7.74. The molecular weight excluding hydrogens is 200 g/mol. The van der Waals surface area contributed by atoms with Crippen LogP contribution in [0.1, 0.15) is 17.9 Å². The van der Waals surface area contributed by atoms with Crippen LogP contribution in [0.15, 0.2) is 16.5 Å². The maximum atomic E-state index is 5.56. The summed E-state index contributed by atoms with van der Waals surface area (Å²) in [6.45, 7) is 6.66. The number of aryl methyl sites for hydroxylation is 1. The molecule has 90 valence electrons. The lowest BCUT2D eigenvalue weighted by Crippen LogP contribution is -2.28. The lowest BCUT2D eigenvalue weighted by atomic mass is 10.1. The van der Waals surface area contributed by atoms with Crippen LogP contribution in [0.5, 0.6) is 0 Å². The molecule has 1 aliphatic rings. The van der Waals surface area contributed by atoms with Gasteiger partial charge in [-0.2, -0.15) is 0 Å². The second-order valence-electron chi connectivity index (χ2n) is 4.88. The highest BCUT2D eigenvalue weighted by Crippen LogP contribution is 2.10. The molecule has 0 radical (unpaired) electrons. The summed E-state index contributed by atoms with van der Waals surface area (Å²) in [7, 11) is 2.20. The van der Waals surface area contributed by atoms with Crippen molar-refractivity contribution in [2.75, 3.05) is 33.2 Å². The van der Waals surface area contributed by atoms with Crippen LogP contribution >= 0.6 is 0 Å². The van der Waals surface area contributed by atoms with E-state index < -0.39 is 0 Å². The molecule has 3 nitrogen and oxygen atoms in total. The maximum absolute atomic E-state index is 5.56. The molecule has 0 aliphatic carbocycles. The van der Waals surface area contributed by atoms with Crippen molar-refractivity contribution >= 4 is 0 Å². The van der Waals surface area contributed by atoms with Crippen molar-refractivity contribution in [2.45, 2.75) is 19.8 Å². The molecule has 0 spiro atoms. The molecule has 1 unspecified atom stereocenters. The summed E-state index contributed by atoms with van der Waals surface area (Å²) < 4.78 is 5.56. The number of hydrogen-bond donors (Lipinski definition) is 1. The number of hydrogen-bond acceptors (Lipinski definition) is 3. The van der Waals surface area contributed by atoms with Crippen LogP contribution in [0.4, 0.5) is 0 Å². The van der Waals surface area contributed by atoms with Gasteiger partial charge in [0.1, 0.15) is 11.5 Å². The van der Waals surface area contributed by atoms with Gasteiger partial charge in [0.05, 0.1) is 0 Å². The molecule has 0 aromatic carbocycles. The highest BCUT2D eigenvalue weighted by Gasteiger charge is 2.16. The van der Waals surface area contributed by atoms with Crippen LogP contribution in [0.2, 0.25) is 0 Å². The summed E-state index contributed by atoms with van der Waals surface area (Å²) in [5.74, 6) is 2.95. The van der Waals surface area contributed by atoms with Gasteiger partial charge in [0.25, 0.3) is 0 Å². The van der Waals surface area contributed by atoms with Gasteiger partial charge < -0.3 is 14.6 Å². The number of nitrogens with one attached hydrogen (secondary N) is 1. The Morgan fingerprint density at radius 1 is 1.50 bits per heavy atom. The highest BCUT2D eigenvalue weighted by molar-refractivity contribution is 5.05. The molecule has 0 bridgehead atoms. The van der Waals surface area contributed by atoms with Gasteiger partial charge >= 0.3 is 0 Å². The normalized spacial score (nSPS) is 20.8. The minimum absolute atomic E-state index is 0.836. The summed E-state index contributed by atoms with van der Waals surface area (Å²) >= 11 is 0. The molecule has 2 heterocycles. The first-order valence-electron chi connectivity index (χ1n) is 6.18. The Balaban J connectivity index is 1.68. The molecular formula is C13H22N2O. The fourth-order valence-electron chi connectivity index (χ4n) is 2.32. The van der Waals surface area contributed by atoms with Gasteiger partial charge in [-0.1, -0.05) is 0 Å². The van der Waals surface area contributed by atoms with Crippen LogP contribution in [0.3, 0.4) is 0 Å². The first kappa shape index (κ1) is 11.7. The summed E-state index contributed by atoms with van der Waals surface area (Å²) in [5, 5.41) is 3.41. The van der Waals surface area contributed by atoms with E-state index in [1.165, 1.54) is 26.1 Å². The van der Waals surface area contributed by atoms with E-state index in [9.17, 15) is 0 Å². The monoisotopic (exact) mass is 222 g/mol. The van der Waals surface area contributed by atoms with Crippen LogP contribution in [0.25, 0.3) is 0 Å². The average molecular weight is 222 g/mol. The smallest absolute Gasteiger partial charge is 0.105 e. The fraction of sp³-hybridized carbons (Fsp3) is 0.692. The van der Waals surface area contributed by atoms with Crippen molar-refractivity contribution in [3.05, 3.63) is 23.7 Å². The Labute approximate surface area is 97.8 Å². The van der Waals surface area contributed by atoms with E-state index in [0.717, 1.165) is 30.4 Å². The third-order valence-corrected chi connectivity index (χ3v) is 3.27. The van der Waals surface area contributed by atoms with Crippen molar-refractivity contribution in [1.29, 1.82) is 0 Å². The topological polar surface area (TPSA) is 28.4 Å². The van der Waals surface area contributed by atoms with Crippen LogP contribution in [-0.4, -0.2) is 38.1 Å². The van der Waals surface area contributed by atoms with Crippen LogP contribution in [-0.2, 0) is 6.42 Å². The quantitative estimate of drug-likeness (QED) is 0.821. The van der Waals surface area contributed by atoms with E-state index in [-0.39, 0.29) is 0 Å². The summed E-state index contributed by atoms with van der Waals surface area (Å²) in [5.41, 5.74) is 0. The number of rotatable bonds is 5. The Morgan fingerprint density at radius 3 is 3.00 bits per heavy atom. The van der Waals surface area contributed by atoms with Crippen molar-refractivity contribution < 1.29 is 4.42 Å². The fourth-order valence-corrected chi connectivity index (χ4v) is 2.32. The first-order valence-corrected chi connectivity index (χ1v) is 6.18. The van der Waals surface area contributed by atoms with Gasteiger partial charge in [0.15, 0.2) is 0 Å². The molecule has 1 N–H and O–H groups in total. The maximum Gasteiger partial charge on any atom is 0.105 e. The minimum atomic E-state index is 0.836. The summed E-state index contributed by atoms with van der Waals surface area (Å²) in [6.07, 6.45) is 2.34. The lowest BCUT2D eigenvalue weighted by molar-refractivity contribution is 0.281. The third kappa shape index (κ3) is 3.35. The molecule has 3 heteroatoms. The second-order valence-corrected chi connectivity index (χ2v) is 4.88. The second kappa shape index (κ2) is 5.51. The standard InChI is InChI=1S/C13H22N2O/c1-11-3-4-13(16-11)6-8-15(2)10-12-5-7-14-9-12/h3-4,12,14H,5-10H2,1-2H3. The van der Waals surface area contributed by atoms with Crippen molar-refractivity contribution in [1.82, 2.24) is 10.2 Å². The summed E-state index contributed by atoms with van der Waals surface area (Å²) in [6, 6.07) is 4.12. The van der Waals surface area contributed by atoms with E-state index in [1.54, 1.807) is 0 Å². The molecule has 16 heavy (non-hydrogen) atoms. The van der Waals surface area contributed by atoms with Crippen LogP contribution < -0.4 is 5.32 Å². The number of likely N-dealkylation sites (N-methyl/N-ethyl adjacent to an activating group) is 1. The zero-order chi connectivity index (χ0) is 11.4. The molecule has 1 aromatic heterocycles. The van der Waals surface area contributed by atoms with E-state index in [4.69, 9.17) is 4.42 Å². The molecule has 2 rings (SSSR count). The van der Waals surface area contributed by atoms with Crippen molar-refractivity contribution in [3.8, 4) is 0 Å². The largest absolute Gasteiger partial charge is 0.466 e. The van der Waals surface area contributed by atoms with E-state index in [1.807, 2.05) is 13.0 Å². The van der Waals surface area contributed by atoms with Gasteiger partial charge in [-0.15, -0.1) is 0 Å². The molecule has 1 fully saturated rings. The number of furan rings is 1. The Kier molecular flexibility index (Phi) is 4.02. The molecule has 0 saturated carbocycles. The van der Waals surface area contributed by atoms with E-state index >= 15 is 0 Å². The van der Waals surface area contributed by atoms with Gasteiger partial charge in [0, 0.05) is 19.5 Å². The van der Waals surface area contributed by atoms with E-state index in [2.05, 4.69) is 23.3 Å². The number of nitrogens with zero attached hydrogens (tertiary/aromatic N) is 1. The zero-order valence-corrected chi connectivity index (χ0v) is 10.3. The van der Waals surface area contributed by atoms with Gasteiger partial charge in [-0.05, 0) is 51.5 Å². The van der Waals surface area contributed by atoms with Gasteiger partial charge in [-0.3, -0.25) is 0 Å². The predicted octanol–water partition coefficient (Wildman–Crippen LogP) is 1.67. The SMILES string of the molecule is Cc1ccc(CCN(C)CC2CCNC2)o1. The Morgan fingerprint density at radius 2 is 2.38 bits per heavy atom. The minimum Gasteiger partial charge on any atom is -0.466 e. The summed E-state index contributed by atoms with van der Waals surface area (Å²) in [4.78, 5) is 2.41. The average Bonchev–Trinajstić information content (AvgIpc) is 2.87. The van der Waals surface area contributed by atoms with Crippen molar-refractivity contribution in [3.63, 3.8) is 0 Å². The third-order valence-electron chi connectivity index (χ3n) is 3.27. The van der Waals surface area contributed by atoms with Gasteiger partial charge in [0.2, 0.25) is 0 Å². The molecule has 1 atom stereocenters.